The average molecular weight is 275 g/mol. The smallest absolute Gasteiger partial charge is 0.171 e. The molecule has 0 radical (unpaired) electrons. The number of Topliss-reactive ketones (excluding diaryl/α,β-unsaturated/α-hetero) is 1. The Morgan fingerprint density at radius 2 is 1.95 bits per heavy atom. The summed E-state index contributed by atoms with van der Waals surface area (Å²) in [6.45, 7) is 1.96. The van der Waals surface area contributed by atoms with Crippen molar-refractivity contribution in [1.82, 2.24) is 0 Å². The molecule has 2 nitrogen and oxygen atoms in total. The summed E-state index contributed by atoms with van der Waals surface area (Å²) in [6, 6.07) is 12.9. The van der Waals surface area contributed by atoms with E-state index in [2.05, 4.69) is 0 Å². The molecule has 2 rings (SSSR count). The zero-order valence-electron chi connectivity index (χ0n) is 10.9. The highest BCUT2D eigenvalue weighted by Crippen LogP contribution is 2.23. The molecule has 0 atom stereocenters. The first-order valence-electron chi connectivity index (χ1n) is 6.03. The van der Waals surface area contributed by atoms with E-state index in [1.165, 1.54) is 0 Å². The number of hydrogen-bond donors (Lipinski definition) is 0. The minimum Gasteiger partial charge on any atom is -0.496 e. The van der Waals surface area contributed by atoms with Gasteiger partial charge in [-0.25, -0.2) is 0 Å². The maximum Gasteiger partial charge on any atom is 0.171 e. The molecule has 0 bridgehead atoms. The lowest BCUT2D eigenvalue weighted by Crippen LogP contribution is -2.06. The van der Waals surface area contributed by atoms with E-state index >= 15 is 0 Å². The highest BCUT2D eigenvalue weighted by atomic mass is 35.5. The summed E-state index contributed by atoms with van der Waals surface area (Å²) in [5.41, 5.74) is 2.48. The Hall–Kier alpha value is -1.80. The van der Waals surface area contributed by atoms with Gasteiger partial charge >= 0.3 is 0 Å². The van der Waals surface area contributed by atoms with E-state index in [-0.39, 0.29) is 12.2 Å². The van der Waals surface area contributed by atoms with E-state index in [1.807, 2.05) is 37.3 Å². The second-order valence-electron chi connectivity index (χ2n) is 4.40. The molecule has 0 spiro atoms. The van der Waals surface area contributed by atoms with Gasteiger partial charge in [0, 0.05) is 11.4 Å². The van der Waals surface area contributed by atoms with Crippen molar-refractivity contribution in [3.05, 3.63) is 64.2 Å². The van der Waals surface area contributed by atoms with Crippen LogP contribution in [0.5, 0.6) is 5.75 Å². The Morgan fingerprint density at radius 1 is 1.21 bits per heavy atom. The number of rotatable bonds is 4. The van der Waals surface area contributed by atoms with E-state index in [1.54, 1.807) is 19.2 Å². The number of ketones is 1. The van der Waals surface area contributed by atoms with E-state index in [0.29, 0.717) is 16.3 Å². The van der Waals surface area contributed by atoms with Crippen LogP contribution < -0.4 is 4.74 Å². The minimum atomic E-state index is 0.00458. The fourth-order valence-corrected chi connectivity index (χ4v) is 2.14. The summed E-state index contributed by atoms with van der Waals surface area (Å²) in [5, 5.41) is 0.613. The Balaban J connectivity index is 2.28. The van der Waals surface area contributed by atoms with Gasteiger partial charge in [0.1, 0.15) is 5.75 Å². The zero-order valence-corrected chi connectivity index (χ0v) is 11.7. The van der Waals surface area contributed by atoms with Gasteiger partial charge in [0.2, 0.25) is 0 Å². The van der Waals surface area contributed by atoms with Gasteiger partial charge in [-0.3, -0.25) is 4.79 Å². The SMILES string of the molecule is COc1cc(C)ccc1C(=O)Cc1ccccc1Cl. The number of methoxy groups -OCH3 is 1. The molecule has 19 heavy (non-hydrogen) atoms. The number of aryl methyl sites for hydroxylation is 1. The molecule has 0 N–H and O–H groups in total. The number of ether oxygens (including phenoxy) is 1. The van der Waals surface area contributed by atoms with Crippen LogP contribution in [0, 0.1) is 6.92 Å². The molecule has 0 aliphatic carbocycles. The number of halogens is 1. The highest BCUT2D eigenvalue weighted by Gasteiger charge is 2.14. The maximum absolute atomic E-state index is 12.3. The molecule has 2 aromatic rings. The standard InChI is InChI=1S/C16H15ClO2/c1-11-7-8-13(16(9-11)19-2)15(18)10-12-5-3-4-6-14(12)17/h3-9H,10H2,1-2H3. The van der Waals surface area contributed by atoms with Gasteiger partial charge in [-0.15, -0.1) is 0 Å². The monoisotopic (exact) mass is 274 g/mol. The summed E-state index contributed by atoms with van der Waals surface area (Å²) >= 11 is 6.07. The van der Waals surface area contributed by atoms with Gasteiger partial charge in [-0.05, 0) is 36.2 Å². The largest absolute Gasteiger partial charge is 0.496 e. The van der Waals surface area contributed by atoms with Crippen molar-refractivity contribution >= 4 is 17.4 Å². The third-order valence-electron chi connectivity index (χ3n) is 2.97. The molecule has 0 aliphatic heterocycles. The average Bonchev–Trinajstić information content (AvgIpc) is 2.41. The molecule has 0 fully saturated rings. The van der Waals surface area contributed by atoms with Gasteiger partial charge in [0.15, 0.2) is 5.78 Å². The molecule has 98 valence electrons. The molecule has 0 aromatic heterocycles. The predicted molar refractivity (Wildman–Crippen MR) is 77.2 cm³/mol. The van der Waals surface area contributed by atoms with Gasteiger partial charge in [-0.2, -0.15) is 0 Å². The number of benzene rings is 2. The van der Waals surface area contributed by atoms with Crippen molar-refractivity contribution in [3.63, 3.8) is 0 Å². The summed E-state index contributed by atoms with van der Waals surface area (Å²) in [5.74, 6) is 0.613. The van der Waals surface area contributed by atoms with Crippen molar-refractivity contribution in [2.75, 3.05) is 7.11 Å². The molecule has 0 aliphatic rings. The first-order valence-corrected chi connectivity index (χ1v) is 6.41. The quantitative estimate of drug-likeness (QED) is 0.785. The summed E-state index contributed by atoms with van der Waals surface area (Å²) in [6.07, 6.45) is 0.277. The van der Waals surface area contributed by atoms with E-state index in [9.17, 15) is 4.79 Å². The molecular formula is C16H15ClO2. The Bertz CT molecular complexity index is 605. The normalized spacial score (nSPS) is 10.3. The lowest BCUT2D eigenvalue weighted by atomic mass is 10.0. The van der Waals surface area contributed by atoms with Crippen LogP contribution in [0.25, 0.3) is 0 Å². The third kappa shape index (κ3) is 3.15. The molecule has 0 unspecified atom stereocenters. The second-order valence-corrected chi connectivity index (χ2v) is 4.80. The third-order valence-corrected chi connectivity index (χ3v) is 3.34. The molecule has 0 amide bonds. The fourth-order valence-electron chi connectivity index (χ4n) is 1.94. The van der Waals surface area contributed by atoms with Crippen LogP contribution in [0.3, 0.4) is 0 Å². The maximum atomic E-state index is 12.3. The van der Waals surface area contributed by atoms with Gasteiger partial charge < -0.3 is 4.74 Å². The Morgan fingerprint density at radius 3 is 2.63 bits per heavy atom. The van der Waals surface area contributed by atoms with Crippen LogP contribution in [0.2, 0.25) is 5.02 Å². The van der Waals surface area contributed by atoms with Crippen molar-refractivity contribution in [3.8, 4) is 5.75 Å². The van der Waals surface area contributed by atoms with Crippen LogP contribution in [-0.4, -0.2) is 12.9 Å². The molecule has 0 heterocycles. The minimum absolute atomic E-state index is 0.00458. The second kappa shape index (κ2) is 5.89. The lowest BCUT2D eigenvalue weighted by molar-refractivity contribution is 0.0990. The molecule has 0 saturated heterocycles. The van der Waals surface area contributed by atoms with Crippen LogP contribution >= 0.6 is 11.6 Å². The lowest BCUT2D eigenvalue weighted by Gasteiger charge is -2.09. The number of carbonyl (C=O) groups excluding carboxylic acids is 1. The van der Waals surface area contributed by atoms with E-state index < -0.39 is 0 Å². The number of carbonyl (C=O) groups is 1. The Labute approximate surface area is 118 Å². The van der Waals surface area contributed by atoms with E-state index in [4.69, 9.17) is 16.3 Å². The number of hydrogen-bond acceptors (Lipinski definition) is 2. The summed E-state index contributed by atoms with van der Waals surface area (Å²) < 4.78 is 5.26. The summed E-state index contributed by atoms with van der Waals surface area (Å²) in [4.78, 5) is 12.3. The van der Waals surface area contributed by atoms with Crippen LogP contribution in [0.15, 0.2) is 42.5 Å². The first-order chi connectivity index (χ1) is 9.11. The highest BCUT2D eigenvalue weighted by molar-refractivity contribution is 6.31. The van der Waals surface area contributed by atoms with Crippen LogP contribution in [0.4, 0.5) is 0 Å². The molecule has 2 aromatic carbocycles. The molecule has 0 saturated carbocycles. The van der Waals surface area contributed by atoms with E-state index in [0.717, 1.165) is 11.1 Å². The van der Waals surface area contributed by atoms with Crippen molar-refractivity contribution < 1.29 is 9.53 Å². The summed E-state index contributed by atoms with van der Waals surface area (Å²) in [7, 11) is 1.57. The van der Waals surface area contributed by atoms with Crippen molar-refractivity contribution in [2.24, 2.45) is 0 Å². The van der Waals surface area contributed by atoms with Gasteiger partial charge in [0.05, 0.1) is 12.7 Å². The first kappa shape index (κ1) is 13.6. The predicted octanol–water partition coefficient (Wildman–Crippen LogP) is 4.08. The van der Waals surface area contributed by atoms with Crippen LogP contribution in [0.1, 0.15) is 21.5 Å². The Kier molecular flexibility index (Phi) is 4.23. The molecular weight excluding hydrogens is 260 g/mol. The van der Waals surface area contributed by atoms with Gasteiger partial charge in [0.25, 0.3) is 0 Å². The van der Waals surface area contributed by atoms with Gasteiger partial charge in [-0.1, -0.05) is 35.9 Å². The van der Waals surface area contributed by atoms with Crippen LogP contribution in [-0.2, 0) is 6.42 Å². The van der Waals surface area contributed by atoms with Crippen molar-refractivity contribution in [1.29, 1.82) is 0 Å². The molecule has 3 heteroatoms. The fraction of sp³-hybridized carbons (Fsp3) is 0.188. The van der Waals surface area contributed by atoms with Crippen molar-refractivity contribution in [2.45, 2.75) is 13.3 Å². The topological polar surface area (TPSA) is 26.3 Å². The zero-order chi connectivity index (χ0) is 13.8.